The van der Waals surface area contributed by atoms with Crippen LogP contribution in [0.15, 0.2) is 67.3 Å². The number of aryl methyl sites for hydroxylation is 1. The maximum atomic E-state index is 13.0. The van der Waals surface area contributed by atoms with E-state index >= 15 is 0 Å². The Bertz CT molecular complexity index is 1500. The van der Waals surface area contributed by atoms with Gasteiger partial charge in [-0.3, -0.25) is 0 Å². The summed E-state index contributed by atoms with van der Waals surface area (Å²) in [4.78, 5) is 13.1. The zero-order chi connectivity index (χ0) is 24.7. The normalized spacial score (nSPS) is 12.1. The quantitative estimate of drug-likeness (QED) is 0.316. The van der Waals surface area contributed by atoms with Crippen LogP contribution in [0.25, 0.3) is 28.4 Å². The van der Waals surface area contributed by atoms with Crippen molar-refractivity contribution in [3.05, 3.63) is 89.6 Å². The molecule has 0 aliphatic heterocycles. The third-order valence-electron chi connectivity index (χ3n) is 5.94. The molecule has 0 unspecified atom stereocenters. The summed E-state index contributed by atoms with van der Waals surface area (Å²) in [7, 11) is 1.55. The highest BCUT2D eigenvalue weighted by Gasteiger charge is 2.34. The summed E-state index contributed by atoms with van der Waals surface area (Å²) in [5.74, 6) is 1.25. The summed E-state index contributed by atoms with van der Waals surface area (Å²) in [6.45, 7) is 4.28. The molecular formula is C26H23F3N6. The van der Waals surface area contributed by atoms with Crippen molar-refractivity contribution in [2.45, 2.75) is 32.4 Å². The van der Waals surface area contributed by atoms with Crippen LogP contribution in [0, 0.1) is 0 Å². The van der Waals surface area contributed by atoms with Crippen LogP contribution >= 0.6 is 0 Å². The number of fused-ring (bicyclic) bond motifs is 1. The molecule has 0 aliphatic rings. The first-order chi connectivity index (χ1) is 16.7. The highest BCUT2D eigenvalue weighted by Crippen LogP contribution is 2.31. The van der Waals surface area contributed by atoms with Gasteiger partial charge in [0, 0.05) is 36.4 Å². The van der Waals surface area contributed by atoms with Crippen molar-refractivity contribution in [2.24, 2.45) is 7.05 Å². The van der Waals surface area contributed by atoms with Gasteiger partial charge in [-0.05, 0) is 17.0 Å². The number of nitrogens with zero attached hydrogens (tertiary/aromatic N) is 6. The summed E-state index contributed by atoms with van der Waals surface area (Å²) in [5, 5.41) is 4.38. The van der Waals surface area contributed by atoms with Crippen molar-refractivity contribution in [1.82, 2.24) is 29.1 Å². The van der Waals surface area contributed by atoms with Gasteiger partial charge in [0.15, 0.2) is 17.2 Å². The van der Waals surface area contributed by atoms with Crippen molar-refractivity contribution >= 4 is 5.65 Å². The fourth-order valence-corrected chi connectivity index (χ4v) is 4.16. The van der Waals surface area contributed by atoms with Gasteiger partial charge < -0.3 is 4.57 Å². The van der Waals surface area contributed by atoms with Gasteiger partial charge in [-0.15, -0.1) is 0 Å². The predicted molar refractivity (Wildman–Crippen MR) is 127 cm³/mol. The molecule has 3 aromatic heterocycles. The number of alkyl halides is 3. The first kappa shape index (κ1) is 22.8. The van der Waals surface area contributed by atoms with E-state index < -0.39 is 11.9 Å². The Balaban J connectivity index is 1.44. The zero-order valence-electron chi connectivity index (χ0n) is 19.5. The Hall–Kier alpha value is -4.01. The Morgan fingerprint density at radius 2 is 1.71 bits per heavy atom. The minimum absolute atomic E-state index is 0.265. The van der Waals surface area contributed by atoms with Gasteiger partial charge in [-0.2, -0.15) is 18.3 Å². The third-order valence-corrected chi connectivity index (χ3v) is 5.94. The lowest BCUT2D eigenvalue weighted by molar-refractivity contribution is -0.140. The lowest BCUT2D eigenvalue weighted by Gasteiger charge is -2.11. The molecule has 178 valence electrons. The fraction of sp³-hybridized carbons (Fsp3) is 0.231. The van der Waals surface area contributed by atoms with Crippen molar-refractivity contribution in [2.75, 3.05) is 0 Å². The van der Waals surface area contributed by atoms with Crippen LogP contribution in [0.2, 0.25) is 0 Å². The number of hydrogen-bond acceptors (Lipinski definition) is 4. The van der Waals surface area contributed by atoms with Crippen LogP contribution in [-0.4, -0.2) is 29.1 Å². The molecule has 6 nitrogen and oxygen atoms in total. The Kier molecular flexibility index (Phi) is 5.62. The van der Waals surface area contributed by atoms with E-state index in [0.29, 0.717) is 23.7 Å². The largest absolute Gasteiger partial charge is 0.434 e. The van der Waals surface area contributed by atoms with Crippen LogP contribution in [-0.2, 0) is 19.6 Å². The average molecular weight is 477 g/mol. The van der Waals surface area contributed by atoms with E-state index in [1.165, 1.54) is 10.1 Å². The number of imidazole rings is 1. The first-order valence-corrected chi connectivity index (χ1v) is 11.2. The molecule has 3 heterocycles. The SMILES string of the molecule is CC(C)c1ccccc1-c1ncn2ncc(Cc3ccc(-c4nc(C(F)(F)F)cn4C)cc3)c2n1. The van der Waals surface area contributed by atoms with Crippen molar-refractivity contribution < 1.29 is 13.2 Å². The predicted octanol–water partition coefficient (Wildman–Crippen LogP) is 5.92. The maximum absolute atomic E-state index is 13.0. The summed E-state index contributed by atoms with van der Waals surface area (Å²) in [5.41, 5.74) is 4.51. The molecule has 35 heavy (non-hydrogen) atoms. The van der Waals surface area contributed by atoms with Crippen molar-refractivity contribution in [1.29, 1.82) is 0 Å². The summed E-state index contributed by atoms with van der Waals surface area (Å²) in [6, 6.07) is 15.4. The van der Waals surface area contributed by atoms with E-state index in [2.05, 4.69) is 35.0 Å². The second kappa shape index (κ2) is 8.65. The smallest absolute Gasteiger partial charge is 0.333 e. The Morgan fingerprint density at radius 3 is 2.40 bits per heavy atom. The Labute approximate surface area is 200 Å². The molecule has 5 aromatic rings. The molecule has 2 aromatic carbocycles. The fourth-order valence-electron chi connectivity index (χ4n) is 4.16. The number of halogens is 3. The standard InChI is InChI=1S/C26H23F3N6/c1-16(2)20-6-4-5-7-21(20)23-30-15-35-25(33-23)19(13-31-35)12-17-8-10-18(11-9-17)24-32-22(14-34(24)3)26(27,28)29/h4-11,13-16H,12H2,1-3H3. The molecule has 0 saturated carbocycles. The van der Waals surface area contributed by atoms with Gasteiger partial charge in [0.2, 0.25) is 0 Å². The highest BCUT2D eigenvalue weighted by atomic mass is 19.4. The number of rotatable bonds is 5. The molecule has 0 bridgehead atoms. The molecule has 0 saturated heterocycles. The molecule has 0 N–H and O–H groups in total. The second-order valence-electron chi connectivity index (χ2n) is 8.79. The van der Waals surface area contributed by atoms with E-state index in [-0.39, 0.29) is 5.82 Å². The summed E-state index contributed by atoms with van der Waals surface area (Å²) in [6.07, 6.45) is 0.526. The average Bonchev–Trinajstić information content (AvgIpc) is 3.43. The van der Waals surface area contributed by atoms with Gasteiger partial charge in [0.05, 0.1) is 6.20 Å². The molecule has 0 atom stereocenters. The molecule has 0 spiro atoms. The molecular weight excluding hydrogens is 453 g/mol. The lowest BCUT2D eigenvalue weighted by atomic mass is 9.97. The molecule has 0 amide bonds. The summed E-state index contributed by atoms with van der Waals surface area (Å²) >= 11 is 0. The maximum Gasteiger partial charge on any atom is 0.434 e. The second-order valence-corrected chi connectivity index (χ2v) is 8.79. The molecule has 0 aliphatic carbocycles. The molecule has 0 fully saturated rings. The zero-order valence-corrected chi connectivity index (χ0v) is 19.5. The van der Waals surface area contributed by atoms with Crippen LogP contribution in [0.1, 0.15) is 42.1 Å². The Morgan fingerprint density at radius 1 is 0.971 bits per heavy atom. The minimum Gasteiger partial charge on any atom is -0.333 e. The van der Waals surface area contributed by atoms with E-state index in [4.69, 9.17) is 4.98 Å². The van der Waals surface area contributed by atoms with Crippen molar-refractivity contribution in [3.63, 3.8) is 0 Å². The first-order valence-electron chi connectivity index (χ1n) is 11.2. The number of aromatic nitrogens is 6. The van der Waals surface area contributed by atoms with Gasteiger partial charge in [0.1, 0.15) is 12.2 Å². The lowest BCUT2D eigenvalue weighted by Crippen LogP contribution is -2.04. The topological polar surface area (TPSA) is 60.9 Å². The van der Waals surface area contributed by atoms with Crippen LogP contribution in [0.3, 0.4) is 0 Å². The van der Waals surface area contributed by atoms with E-state index in [9.17, 15) is 13.2 Å². The number of benzene rings is 2. The van der Waals surface area contributed by atoms with Gasteiger partial charge >= 0.3 is 6.18 Å². The molecule has 5 rings (SSSR count). The highest BCUT2D eigenvalue weighted by molar-refractivity contribution is 5.64. The van der Waals surface area contributed by atoms with Crippen LogP contribution in [0.4, 0.5) is 13.2 Å². The monoisotopic (exact) mass is 476 g/mol. The van der Waals surface area contributed by atoms with Gasteiger partial charge in [0.25, 0.3) is 0 Å². The summed E-state index contributed by atoms with van der Waals surface area (Å²) < 4.78 is 42.0. The van der Waals surface area contributed by atoms with E-state index in [1.54, 1.807) is 36.2 Å². The minimum atomic E-state index is -4.48. The van der Waals surface area contributed by atoms with Crippen LogP contribution < -0.4 is 0 Å². The van der Waals surface area contributed by atoms with Crippen LogP contribution in [0.5, 0.6) is 0 Å². The van der Waals surface area contributed by atoms with E-state index in [0.717, 1.165) is 28.5 Å². The van der Waals surface area contributed by atoms with Gasteiger partial charge in [-0.1, -0.05) is 62.4 Å². The van der Waals surface area contributed by atoms with E-state index in [1.807, 2.05) is 30.3 Å². The number of hydrogen-bond donors (Lipinski definition) is 0. The van der Waals surface area contributed by atoms with Gasteiger partial charge in [-0.25, -0.2) is 19.5 Å². The third kappa shape index (κ3) is 4.41. The molecule has 0 radical (unpaired) electrons. The molecule has 9 heteroatoms. The van der Waals surface area contributed by atoms with Crippen molar-refractivity contribution in [3.8, 4) is 22.8 Å².